The van der Waals surface area contributed by atoms with E-state index in [0.717, 1.165) is 18.0 Å². The van der Waals surface area contributed by atoms with Crippen molar-refractivity contribution in [3.05, 3.63) is 46.4 Å². The van der Waals surface area contributed by atoms with E-state index in [1.54, 1.807) is 18.4 Å². The molecule has 0 spiro atoms. The lowest BCUT2D eigenvalue weighted by atomic mass is 10.0. The van der Waals surface area contributed by atoms with Gasteiger partial charge in [-0.1, -0.05) is 12.1 Å². The maximum Gasteiger partial charge on any atom is 0.119 e. The van der Waals surface area contributed by atoms with Crippen molar-refractivity contribution in [2.75, 3.05) is 27.7 Å². The van der Waals surface area contributed by atoms with Crippen LogP contribution in [0.25, 0.3) is 0 Å². The Morgan fingerprint density at radius 2 is 2.19 bits per heavy atom. The summed E-state index contributed by atoms with van der Waals surface area (Å²) in [5, 5.41) is 5.66. The number of nitrogens with zero attached hydrogens (tertiary/aromatic N) is 2. The molecule has 0 aliphatic rings. The molecule has 0 amide bonds. The summed E-state index contributed by atoms with van der Waals surface area (Å²) in [5.41, 5.74) is 4.22. The largest absolute Gasteiger partial charge is 0.497 e. The van der Waals surface area contributed by atoms with Crippen LogP contribution in [-0.4, -0.2) is 37.6 Å². The Morgan fingerprint density at radius 3 is 2.81 bits per heavy atom. The van der Waals surface area contributed by atoms with Crippen LogP contribution in [0.1, 0.15) is 30.3 Å². The highest BCUT2D eigenvalue weighted by molar-refractivity contribution is 7.07. The van der Waals surface area contributed by atoms with E-state index in [2.05, 4.69) is 53.7 Å². The third-order valence-electron chi connectivity index (χ3n) is 3.61. The van der Waals surface area contributed by atoms with E-state index < -0.39 is 0 Å². The third kappa shape index (κ3) is 4.27. The zero-order valence-electron chi connectivity index (χ0n) is 13.0. The van der Waals surface area contributed by atoms with Crippen LogP contribution in [0.15, 0.2) is 35.2 Å². The summed E-state index contributed by atoms with van der Waals surface area (Å²) in [6.45, 7) is 3.01. The molecule has 2 aromatic rings. The number of hydrogen-bond donors (Lipinski definition) is 1. The number of aromatic nitrogens is 1. The van der Waals surface area contributed by atoms with E-state index in [0.29, 0.717) is 6.04 Å². The molecule has 0 bridgehead atoms. The number of hydrogen-bond acceptors (Lipinski definition) is 5. The quantitative estimate of drug-likeness (QED) is 0.853. The minimum absolute atomic E-state index is 0.254. The van der Waals surface area contributed by atoms with Crippen LogP contribution in [-0.2, 0) is 0 Å². The van der Waals surface area contributed by atoms with Crippen LogP contribution in [0.2, 0.25) is 0 Å². The molecule has 0 aliphatic carbocycles. The van der Waals surface area contributed by atoms with Gasteiger partial charge in [-0.3, -0.25) is 0 Å². The van der Waals surface area contributed by atoms with Crippen LogP contribution in [0.5, 0.6) is 5.75 Å². The topological polar surface area (TPSA) is 37.4 Å². The highest BCUT2D eigenvalue weighted by Gasteiger charge is 2.16. The molecule has 2 rings (SSSR count). The van der Waals surface area contributed by atoms with Gasteiger partial charge in [-0.15, -0.1) is 11.3 Å². The maximum atomic E-state index is 5.32. The van der Waals surface area contributed by atoms with Gasteiger partial charge in [0.2, 0.25) is 0 Å². The summed E-state index contributed by atoms with van der Waals surface area (Å²) in [5.74, 6) is 0.895. The number of nitrogens with one attached hydrogen (secondary N) is 1. The molecule has 114 valence electrons. The Hall–Kier alpha value is -1.43. The van der Waals surface area contributed by atoms with Crippen molar-refractivity contribution in [1.29, 1.82) is 0 Å². The second-order valence-corrected chi connectivity index (χ2v) is 6.02. The number of methoxy groups -OCH3 is 1. The molecule has 5 heteroatoms. The van der Waals surface area contributed by atoms with Gasteiger partial charge in [-0.05, 0) is 38.7 Å². The molecular weight excluding hydrogens is 282 g/mol. The molecular formula is C16H23N3OS. The molecule has 0 radical (unpaired) electrons. The van der Waals surface area contributed by atoms with E-state index in [9.17, 15) is 0 Å². The normalized spacial score (nSPS) is 14.1. The van der Waals surface area contributed by atoms with Gasteiger partial charge in [-0.2, -0.15) is 0 Å². The smallest absolute Gasteiger partial charge is 0.119 e. The summed E-state index contributed by atoms with van der Waals surface area (Å²) >= 11 is 1.63. The van der Waals surface area contributed by atoms with Crippen molar-refractivity contribution in [2.45, 2.75) is 19.0 Å². The molecule has 1 aromatic carbocycles. The lowest BCUT2D eigenvalue weighted by Gasteiger charge is -2.27. The summed E-state index contributed by atoms with van der Waals surface area (Å²) in [6.07, 6.45) is 0. The first-order valence-electron chi connectivity index (χ1n) is 7.03. The van der Waals surface area contributed by atoms with E-state index in [1.165, 1.54) is 5.56 Å². The molecule has 1 N–H and O–H groups in total. The van der Waals surface area contributed by atoms with E-state index in [4.69, 9.17) is 4.74 Å². The predicted molar refractivity (Wildman–Crippen MR) is 88.0 cm³/mol. The van der Waals surface area contributed by atoms with Gasteiger partial charge < -0.3 is 15.0 Å². The van der Waals surface area contributed by atoms with Crippen molar-refractivity contribution in [2.24, 2.45) is 0 Å². The first-order valence-corrected chi connectivity index (χ1v) is 7.98. The molecule has 0 saturated carbocycles. The fourth-order valence-corrected chi connectivity index (χ4v) is 2.92. The van der Waals surface area contributed by atoms with Crippen molar-refractivity contribution in [3.8, 4) is 5.75 Å². The molecule has 2 unspecified atom stereocenters. The van der Waals surface area contributed by atoms with Crippen molar-refractivity contribution < 1.29 is 4.74 Å². The van der Waals surface area contributed by atoms with Gasteiger partial charge in [0.1, 0.15) is 5.75 Å². The monoisotopic (exact) mass is 305 g/mol. The zero-order valence-corrected chi connectivity index (χ0v) is 13.9. The summed E-state index contributed by atoms with van der Waals surface area (Å²) in [7, 11) is 5.89. The van der Waals surface area contributed by atoms with E-state index >= 15 is 0 Å². The van der Waals surface area contributed by atoms with E-state index in [1.807, 2.05) is 17.6 Å². The Morgan fingerprint density at radius 1 is 1.38 bits per heavy atom. The average molecular weight is 305 g/mol. The minimum atomic E-state index is 0.254. The van der Waals surface area contributed by atoms with Gasteiger partial charge in [0.05, 0.1) is 18.3 Å². The molecule has 1 aromatic heterocycles. The van der Waals surface area contributed by atoms with Gasteiger partial charge in [0.25, 0.3) is 0 Å². The number of likely N-dealkylation sites (N-methyl/N-ethyl adjacent to an activating group) is 1. The number of thiazole rings is 1. The molecule has 0 fully saturated rings. The lowest BCUT2D eigenvalue weighted by molar-refractivity contribution is 0.280. The average Bonchev–Trinajstić information content (AvgIpc) is 3.01. The van der Waals surface area contributed by atoms with Crippen LogP contribution in [0, 0.1) is 0 Å². The Balaban J connectivity index is 2.05. The second kappa shape index (κ2) is 7.54. The first kappa shape index (κ1) is 15.9. The van der Waals surface area contributed by atoms with Gasteiger partial charge in [0.15, 0.2) is 0 Å². The van der Waals surface area contributed by atoms with Gasteiger partial charge in [-0.25, -0.2) is 4.98 Å². The fourth-order valence-electron chi connectivity index (χ4n) is 2.28. The molecule has 1 heterocycles. The molecule has 0 saturated heterocycles. The third-order valence-corrected chi connectivity index (χ3v) is 4.22. The minimum Gasteiger partial charge on any atom is -0.497 e. The Bertz CT molecular complexity index is 542. The van der Waals surface area contributed by atoms with Crippen LogP contribution in [0.3, 0.4) is 0 Å². The second-order valence-electron chi connectivity index (χ2n) is 5.30. The first-order chi connectivity index (χ1) is 10.1. The van der Waals surface area contributed by atoms with Crippen LogP contribution < -0.4 is 10.1 Å². The standard InChI is InChI=1S/C16H23N3OS/c1-12(15-10-21-11-18-15)17-9-16(19(2)3)13-6-5-7-14(8-13)20-4/h5-8,10-12,16-17H,9H2,1-4H3. The zero-order chi connectivity index (χ0) is 15.2. The van der Waals surface area contributed by atoms with Crippen molar-refractivity contribution in [1.82, 2.24) is 15.2 Å². The number of benzene rings is 1. The summed E-state index contributed by atoms with van der Waals surface area (Å²) in [6, 6.07) is 8.80. The molecule has 2 atom stereocenters. The summed E-state index contributed by atoms with van der Waals surface area (Å²) < 4.78 is 5.32. The van der Waals surface area contributed by atoms with Crippen molar-refractivity contribution in [3.63, 3.8) is 0 Å². The molecule has 0 aliphatic heterocycles. The number of ether oxygens (including phenoxy) is 1. The maximum absolute atomic E-state index is 5.32. The lowest BCUT2D eigenvalue weighted by Crippen LogP contribution is -2.32. The molecule has 21 heavy (non-hydrogen) atoms. The highest BCUT2D eigenvalue weighted by atomic mass is 32.1. The number of rotatable bonds is 7. The van der Waals surface area contributed by atoms with Crippen molar-refractivity contribution >= 4 is 11.3 Å². The Labute approximate surface area is 130 Å². The van der Waals surface area contributed by atoms with Gasteiger partial charge in [0, 0.05) is 24.0 Å². The SMILES string of the molecule is COc1cccc(C(CNC(C)c2cscn2)N(C)C)c1. The van der Waals surface area contributed by atoms with Gasteiger partial charge >= 0.3 is 0 Å². The summed E-state index contributed by atoms with van der Waals surface area (Å²) in [4.78, 5) is 6.58. The molecule has 4 nitrogen and oxygen atoms in total. The van der Waals surface area contributed by atoms with Crippen LogP contribution in [0.4, 0.5) is 0 Å². The Kier molecular flexibility index (Phi) is 5.73. The van der Waals surface area contributed by atoms with E-state index in [-0.39, 0.29) is 6.04 Å². The highest BCUT2D eigenvalue weighted by Crippen LogP contribution is 2.23. The van der Waals surface area contributed by atoms with Crippen LogP contribution >= 0.6 is 11.3 Å². The fraction of sp³-hybridized carbons (Fsp3) is 0.438. The predicted octanol–water partition coefficient (Wildman–Crippen LogP) is 3.11.